The van der Waals surface area contributed by atoms with E-state index >= 15 is 0 Å². The maximum Gasteiger partial charge on any atom is 0.305 e. The number of rotatable bonds is 11. The van der Waals surface area contributed by atoms with E-state index in [1.165, 1.54) is 18.2 Å². The lowest BCUT2D eigenvalue weighted by Crippen LogP contribution is -2.20. The Labute approximate surface area is 249 Å². The number of carbonyl (C=O) groups excluding carboxylic acids is 1. The van der Waals surface area contributed by atoms with Crippen molar-refractivity contribution >= 4 is 23.6 Å². The predicted molar refractivity (Wildman–Crippen MR) is 163 cm³/mol. The summed E-state index contributed by atoms with van der Waals surface area (Å²) in [6.45, 7) is 3.81. The molecule has 4 rings (SSSR count). The second-order valence-corrected chi connectivity index (χ2v) is 10.4. The van der Waals surface area contributed by atoms with E-state index in [4.69, 9.17) is 5.11 Å². The van der Waals surface area contributed by atoms with E-state index in [-0.39, 0.29) is 12.5 Å². The highest BCUT2D eigenvalue weighted by molar-refractivity contribution is 6.12. The zero-order valence-electron chi connectivity index (χ0n) is 23.7. The summed E-state index contributed by atoms with van der Waals surface area (Å²) in [5.74, 6) is -2.05. The first kappa shape index (κ1) is 30.9. The van der Waals surface area contributed by atoms with Gasteiger partial charge in [0.1, 0.15) is 11.5 Å². The first-order valence-electron chi connectivity index (χ1n) is 13.8. The molecule has 0 radical (unpaired) electrons. The number of benzene rings is 3. The number of aliphatic carboxylic acids is 1. The van der Waals surface area contributed by atoms with Crippen LogP contribution in [0.15, 0.2) is 84.9 Å². The van der Waals surface area contributed by atoms with Crippen molar-refractivity contribution in [3.8, 4) is 28.3 Å². The Morgan fingerprint density at radius 1 is 0.977 bits per heavy atom. The molecule has 0 bridgehead atoms. The van der Waals surface area contributed by atoms with Crippen LogP contribution in [0.5, 0.6) is 0 Å². The van der Waals surface area contributed by atoms with E-state index in [1.807, 2.05) is 48.7 Å². The van der Waals surface area contributed by atoms with Crippen molar-refractivity contribution in [2.24, 2.45) is 0 Å². The monoisotopic (exact) mass is 581 g/mol. The molecule has 220 valence electrons. The van der Waals surface area contributed by atoms with E-state index < -0.39 is 36.3 Å². The lowest BCUT2D eigenvalue weighted by atomic mass is 9.94. The Kier molecular flexibility index (Phi) is 9.88. The number of nitrogens with one attached hydrogen (secondary N) is 1. The number of aromatic nitrogens is 1. The molecule has 0 aliphatic heterocycles. The lowest BCUT2D eigenvalue weighted by molar-refractivity contribution is -0.139. The second-order valence-electron chi connectivity index (χ2n) is 10.4. The molecule has 8 nitrogen and oxygen atoms in total. The first-order chi connectivity index (χ1) is 20.6. The lowest BCUT2D eigenvalue weighted by Gasteiger charge is -2.17. The number of carbonyl (C=O) groups is 2. The van der Waals surface area contributed by atoms with E-state index in [0.717, 1.165) is 5.56 Å². The number of hydrogen-bond acceptors (Lipinski definition) is 5. The van der Waals surface area contributed by atoms with Crippen LogP contribution < -0.4 is 5.32 Å². The summed E-state index contributed by atoms with van der Waals surface area (Å²) in [5, 5.41) is 41.9. The zero-order valence-corrected chi connectivity index (χ0v) is 23.7. The highest BCUT2D eigenvalue weighted by atomic mass is 19.1. The molecule has 1 heterocycles. The van der Waals surface area contributed by atoms with Crippen LogP contribution in [0.25, 0.3) is 28.3 Å². The standard InChI is InChI=1S/C34H32FN3O5/c1-21(2)38-29(16-15-27(39)18-28(40)19-30(41)42)31(24-11-13-25(35)14-12-24)32(23-8-4-3-5-9-23)33(38)34(43)37-26-10-6-7-22(17-26)20-36/h3-17,21,27-28,39-40H,18-19H2,1-2H3,(H,37,43)(H,41,42)/b16-15+/t27-,28-/m1/s1. The molecule has 43 heavy (non-hydrogen) atoms. The van der Waals surface area contributed by atoms with Crippen molar-refractivity contribution in [1.82, 2.24) is 4.57 Å². The third-order valence-electron chi connectivity index (χ3n) is 6.82. The number of anilines is 1. The Hall–Kier alpha value is -5.04. The Bertz CT molecular complexity index is 1670. The molecule has 2 atom stereocenters. The fourth-order valence-electron chi connectivity index (χ4n) is 5.03. The van der Waals surface area contributed by atoms with Gasteiger partial charge < -0.3 is 25.2 Å². The summed E-state index contributed by atoms with van der Waals surface area (Å²) < 4.78 is 15.9. The van der Waals surface area contributed by atoms with E-state index in [1.54, 1.807) is 42.5 Å². The first-order valence-corrected chi connectivity index (χ1v) is 13.8. The van der Waals surface area contributed by atoms with Gasteiger partial charge in [0, 0.05) is 35.0 Å². The Morgan fingerprint density at radius 3 is 2.28 bits per heavy atom. The molecule has 1 aromatic heterocycles. The predicted octanol–water partition coefficient (Wildman–Crippen LogP) is 6.27. The molecule has 0 saturated carbocycles. The van der Waals surface area contributed by atoms with Crippen LogP contribution in [0.3, 0.4) is 0 Å². The molecule has 0 aliphatic carbocycles. The number of nitriles is 1. The molecule has 3 aromatic carbocycles. The summed E-state index contributed by atoms with van der Waals surface area (Å²) >= 11 is 0. The molecule has 9 heteroatoms. The average Bonchev–Trinajstić information content (AvgIpc) is 3.32. The highest BCUT2D eigenvalue weighted by Crippen LogP contribution is 2.43. The van der Waals surface area contributed by atoms with Gasteiger partial charge in [0.2, 0.25) is 0 Å². The molecule has 0 saturated heterocycles. The fraction of sp³-hybridized carbons (Fsp3) is 0.206. The largest absolute Gasteiger partial charge is 0.481 e. The average molecular weight is 582 g/mol. The van der Waals surface area contributed by atoms with Gasteiger partial charge >= 0.3 is 5.97 Å². The van der Waals surface area contributed by atoms with Crippen LogP contribution >= 0.6 is 0 Å². The van der Waals surface area contributed by atoms with Crippen LogP contribution in [-0.4, -0.2) is 44.0 Å². The van der Waals surface area contributed by atoms with Crippen LogP contribution in [0.4, 0.5) is 10.1 Å². The third kappa shape index (κ3) is 7.43. The normalized spacial score (nSPS) is 12.7. The number of carboxylic acid groups (broad SMARTS) is 1. The van der Waals surface area contributed by atoms with Gasteiger partial charge in [-0.25, -0.2) is 4.39 Å². The minimum Gasteiger partial charge on any atom is -0.481 e. The summed E-state index contributed by atoms with van der Waals surface area (Å²) in [6.07, 6.45) is -0.0716. The number of halogens is 1. The van der Waals surface area contributed by atoms with Crippen molar-refractivity contribution in [3.63, 3.8) is 0 Å². The van der Waals surface area contributed by atoms with Crippen LogP contribution in [0, 0.1) is 17.1 Å². The van der Waals surface area contributed by atoms with Gasteiger partial charge in [-0.1, -0.05) is 54.6 Å². The molecule has 1 amide bonds. The van der Waals surface area contributed by atoms with Gasteiger partial charge in [0.05, 0.1) is 30.3 Å². The molecule has 0 unspecified atom stereocenters. The molecule has 4 aromatic rings. The molecular weight excluding hydrogens is 549 g/mol. The van der Waals surface area contributed by atoms with Gasteiger partial charge in [-0.15, -0.1) is 0 Å². The number of amides is 1. The van der Waals surface area contributed by atoms with Gasteiger partial charge in [0.25, 0.3) is 5.91 Å². The summed E-state index contributed by atoms with van der Waals surface area (Å²) in [6, 6.07) is 23.5. The number of nitrogens with zero attached hydrogens (tertiary/aromatic N) is 2. The number of aliphatic hydroxyl groups excluding tert-OH is 2. The topological polar surface area (TPSA) is 136 Å². The smallest absolute Gasteiger partial charge is 0.305 e. The Balaban J connectivity index is 1.96. The Morgan fingerprint density at radius 2 is 1.65 bits per heavy atom. The molecule has 0 fully saturated rings. The molecule has 0 aliphatic rings. The van der Waals surface area contributed by atoms with Crippen LogP contribution in [-0.2, 0) is 4.79 Å². The minimum atomic E-state index is -1.25. The SMILES string of the molecule is CC(C)n1c(/C=C/[C@@H](O)C[C@@H](O)CC(=O)O)c(-c2ccc(F)cc2)c(-c2ccccc2)c1C(=O)Nc1cccc(C#N)c1. The van der Waals surface area contributed by atoms with E-state index in [9.17, 15) is 29.5 Å². The summed E-state index contributed by atoms with van der Waals surface area (Å²) in [5.41, 5.74) is 4.22. The quantitative estimate of drug-likeness (QED) is 0.165. The van der Waals surface area contributed by atoms with Crippen molar-refractivity contribution in [1.29, 1.82) is 5.26 Å². The number of carboxylic acids is 1. The highest BCUT2D eigenvalue weighted by Gasteiger charge is 2.29. The third-order valence-corrected chi connectivity index (χ3v) is 6.82. The maximum absolute atomic E-state index is 14.1. The van der Waals surface area contributed by atoms with E-state index in [0.29, 0.717) is 39.3 Å². The minimum absolute atomic E-state index is 0.203. The molecular formula is C34H32FN3O5. The van der Waals surface area contributed by atoms with Gasteiger partial charge in [0.15, 0.2) is 0 Å². The summed E-state index contributed by atoms with van der Waals surface area (Å²) in [4.78, 5) is 25.1. The van der Waals surface area contributed by atoms with Gasteiger partial charge in [-0.2, -0.15) is 5.26 Å². The van der Waals surface area contributed by atoms with Crippen molar-refractivity contribution < 1.29 is 29.3 Å². The molecule has 0 spiro atoms. The van der Waals surface area contributed by atoms with E-state index in [2.05, 4.69) is 11.4 Å². The number of aliphatic hydroxyl groups is 2. The number of hydrogen-bond donors (Lipinski definition) is 4. The summed E-state index contributed by atoms with van der Waals surface area (Å²) in [7, 11) is 0. The zero-order chi connectivity index (χ0) is 31.1. The van der Waals surface area contributed by atoms with Crippen molar-refractivity contribution in [2.45, 2.75) is 44.9 Å². The maximum atomic E-state index is 14.1. The van der Waals surface area contributed by atoms with Crippen molar-refractivity contribution in [2.75, 3.05) is 5.32 Å². The van der Waals surface area contributed by atoms with Gasteiger partial charge in [-0.05, 0) is 61.4 Å². The van der Waals surface area contributed by atoms with Crippen molar-refractivity contribution in [3.05, 3.63) is 108 Å². The van der Waals surface area contributed by atoms with Gasteiger partial charge in [-0.3, -0.25) is 9.59 Å². The molecule has 4 N–H and O–H groups in total. The second kappa shape index (κ2) is 13.7. The fourth-order valence-corrected chi connectivity index (χ4v) is 5.03. The van der Waals surface area contributed by atoms with Crippen LogP contribution in [0.2, 0.25) is 0 Å². The van der Waals surface area contributed by atoms with Crippen LogP contribution in [0.1, 0.15) is 54.5 Å².